The molecular weight excluding hydrogens is 232 g/mol. The molecule has 0 aliphatic rings. The van der Waals surface area contributed by atoms with Gasteiger partial charge in [0.2, 0.25) is 0 Å². The van der Waals surface area contributed by atoms with Gasteiger partial charge in [0.25, 0.3) is 0 Å². The normalized spacial score (nSPS) is 13.0. The van der Waals surface area contributed by atoms with Gasteiger partial charge in [-0.25, -0.2) is 0 Å². The number of halogens is 1. The van der Waals surface area contributed by atoms with Crippen molar-refractivity contribution in [3.63, 3.8) is 0 Å². The summed E-state index contributed by atoms with van der Waals surface area (Å²) >= 11 is 3.46. The first kappa shape index (κ1) is 10.5. The van der Waals surface area contributed by atoms with Crippen molar-refractivity contribution in [3.05, 3.63) is 10.2 Å². The molecule has 0 amide bonds. The van der Waals surface area contributed by atoms with Crippen LogP contribution in [0.1, 0.15) is 12.6 Å². The van der Waals surface area contributed by atoms with Crippen molar-refractivity contribution in [2.45, 2.75) is 19.9 Å². The first-order valence-electron chi connectivity index (χ1n) is 4.21. The topological polar surface area (TPSA) is 55.9 Å². The molecule has 1 aromatic heterocycles. The van der Waals surface area contributed by atoms with E-state index in [9.17, 15) is 0 Å². The van der Waals surface area contributed by atoms with Gasteiger partial charge in [-0.2, -0.15) is 5.10 Å². The van der Waals surface area contributed by atoms with Crippen molar-refractivity contribution >= 4 is 21.7 Å². The van der Waals surface area contributed by atoms with Crippen molar-refractivity contribution in [3.8, 4) is 0 Å². The van der Waals surface area contributed by atoms with Crippen LogP contribution >= 0.6 is 15.9 Å². The minimum absolute atomic E-state index is 0.141. The molecule has 0 spiro atoms. The fraction of sp³-hybridized carbons (Fsp3) is 0.625. The second kappa shape index (κ2) is 4.11. The summed E-state index contributed by atoms with van der Waals surface area (Å²) in [6.45, 7) is 4.67. The lowest BCUT2D eigenvalue weighted by atomic mass is 10.3. The van der Waals surface area contributed by atoms with Crippen LogP contribution in [-0.4, -0.2) is 22.4 Å². The molecule has 0 aromatic carbocycles. The van der Waals surface area contributed by atoms with Crippen molar-refractivity contribution in [1.82, 2.24) is 9.78 Å². The first-order chi connectivity index (χ1) is 6.02. The molecule has 0 bridgehead atoms. The van der Waals surface area contributed by atoms with Crippen molar-refractivity contribution in [1.29, 1.82) is 0 Å². The van der Waals surface area contributed by atoms with E-state index in [0.29, 0.717) is 0 Å². The molecular formula is C8H15BrN4. The van der Waals surface area contributed by atoms with Gasteiger partial charge < -0.3 is 11.1 Å². The average molecular weight is 247 g/mol. The van der Waals surface area contributed by atoms with Crippen LogP contribution in [0.25, 0.3) is 0 Å². The van der Waals surface area contributed by atoms with Gasteiger partial charge in [0.05, 0.1) is 10.2 Å². The molecule has 0 aliphatic carbocycles. The summed E-state index contributed by atoms with van der Waals surface area (Å²) in [5.74, 6) is 0.981. The summed E-state index contributed by atoms with van der Waals surface area (Å²) < 4.78 is 2.82. The Labute approximate surface area is 86.6 Å². The van der Waals surface area contributed by atoms with Gasteiger partial charge in [0.1, 0.15) is 5.82 Å². The Bertz CT molecular complexity index is 293. The monoisotopic (exact) mass is 246 g/mol. The highest BCUT2D eigenvalue weighted by molar-refractivity contribution is 9.10. The van der Waals surface area contributed by atoms with Gasteiger partial charge >= 0.3 is 0 Å². The van der Waals surface area contributed by atoms with Gasteiger partial charge in [-0.15, -0.1) is 0 Å². The highest BCUT2D eigenvalue weighted by Crippen LogP contribution is 2.24. The van der Waals surface area contributed by atoms with Gasteiger partial charge in [0.15, 0.2) is 0 Å². The third kappa shape index (κ3) is 2.45. The van der Waals surface area contributed by atoms with Gasteiger partial charge in [-0.05, 0) is 29.8 Å². The van der Waals surface area contributed by atoms with Crippen LogP contribution in [0, 0.1) is 6.92 Å². The number of nitrogens with two attached hydrogens (primary N) is 1. The Morgan fingerprint density at radius 2 is 2.31 bits per heavy atom. The third-order valence-electron chi connectivity index (χ3n) is 1.74. The van der Waals surface area contributed by atoms with E-state index >= 15 is 0 Å². The van der Waals surface area contributed by atoms with E-state index in [-0.39, 0.29) is 6.04 Å². The molecule has 0 fully saturated rings. The Morgan fingerprint density at radius 1 is 1.69 bits per heavy atom. The molecule has 0 aliphatic heterocycles. The maximum Gasteiger partial charge on any atom is 0.138 e. The van der Waals surface area contributed by atoms with Crippen LogP contribution in [0.3, 0.4) is 0 Å². The van der Waals surface area contributed by atoms with E-state index in [1.165, 1.54) is 0 Å². The highest BCUT2D eigenvalue weighted by Gasteiger charge is 2.09. The quantitative estimate of drug-likeness (QED) is 0.845. The minimum atomic E-state index is 0.141. The summed E-state index contributed by atoms with van der Waals surface area (Å²) in [6, 6.07) is 0.141. The summed E-state index contributed by atoms with van der Waals surface area (Å²) in [4.78, 5) is 0. The van der Waals surface area contributed by atoms with Crippen LogP contribution in [-0.2, 0) is 7.05 Å². The number of hydrogen-bond donors (Lipinski definition) is 2. The van der Waals surface area contributed by atoms with Crippen molar-refractivity contribution in [2.24, 2.45) is 12.8 Å². The molecule has 0 saturated carbocycles. The first-order valence-corrected chi connectivity index (χ1v) is 5.00. The van der Waals surface area contributed by atoms with Crippen LogP contribution in [0.2, 0.25) is 0 Å². The minimum Gasteiger partial charge on any atom is -0.368 e. The molecule has 5 heteroatoms. The fourth-order valence-corrected chi connectivity index (χ4v) is 1.56. The number of nitrogens with one attached hydrogen (secondary N) is 1. The molecule has 4 nitrogen and oxygen atoms in total. The predicted octanol–water partition coefficient (Wildman–Crippen LogP) is 1.25. The van der Waals surface area contributed by atoms with Crippen LogP contribution < -0.4 is 11.1 Å². The molecule has 0 saturated heterocycles. The van der Waals surface area contributed by atoms with Crippen LogP contribution in [0.4, 0.5) is 5.82 Å². The van der Waals surface area contributed by atoms with Crippen molar-refractivity contribution < 1.29 is 0 Å². The largest absolute Gasteiger partial charge is 0.368 e. The molecule has 0 radical (unpaired) electrons. The van der Waals surface area contributed by atoms with Gasteiger partial charge in [-0.1, -0.05) is 0 Å². The molecule has 1 aromatic rings. The number of aryl methyl sites for hydroxylation is 2. The lowest BCUT2D eigenvalue weighted by molar-refractivity contribution is 0.734. The molecule has 74 valence electrons. The smallest absolute Gasteiger partial charge is 0.138 e. The molecule has 1 rings (SSSR count). The van der Waals surface area contributed by atoms with E-state index in [2.05, 4.69) is 26.3 Å². The van der Waals surface area contributed by atoms with E-state index < -0.39 is 0 Å². The molecule has 3 N–H and O–H groups in total. The van der Waals surface area contributed by atoms with E-state index in [4.69, 9.17) is 5.73 Å². The summed E-state index contributed by atoms with van der Waals surface area (Å²) in [6.07, 6.45) is 0. The van der Waals surface area contributed by atoms with E-state index in [0.717, 1.165) is 22.5 Å². The average Bonchev–Trinajstić information content (AvgIpc) is 2.24. The van der Waals surface area contributed by atoms with Crippen LogP contribution in [0.15, 0.2) is 4.47 Å². The molecule has 1 unspecified atom stereocenters. The van der Waals surface area contributed by atoms with E-state index in [1.807, 2.05) is 25.6 Å². The maximum absolute atomic E-state index is 5.64. The Kier molecular flexibility index (Phi) is 3.33. The standard InChI is InChI=1S/C8H15BrN4/c1-5(10)4-11-8-7(9)6(2)12-13(8)3/h5,11H,4,10H2,1-3H3. The van der Waals surface area contributed by atoms with Gasteiger partial charge in [0, 0.05) is 19.6 Å². The van der Waals surface area contributed by atoms with Crippen LogP contribution in [0.5, 0.6) is 0 Å². The third-order valence-corrected chi connectivity index (χ3v) is 2.69. The van der Waals surface area contributed by atoms with Crippen molar-refractivity contribution in [2.75, 3.05) is 11.9 Å². The molecule has 1 atom stereocenters. The van der Waals surface area contributed by atoms with E-state index in [1.54, 1.807) is 0 Å². The number of hydrogen-bond acceptors (Lipinski definition) is 3. The molecule has 13 heavy (non-hydrogen) atoms. The number of aromatic nitrogens is 2. The number of anilines is 1. The van der Waals surface area contributed by atoms with Gasteiger partial charge in [-0.3, -0.25) is 4.68 Å². The summed E-state index contributed by atoms with van der Waals surface area (Å²) in [7, 11) is 1.90. The Balaban J connectivity index is 2.76. The fourth-order valence-electron chi connectivity index (χ4n) is 1.08. The second-order valence-electron chi connectivity index (χ2n) is 3.23. The predicted molar refractivity (Wildman–Crippen MR) is 57.8 cm³/mol. The lowest BCUT2D eigenvalue weighted by Gasteiger charge is -2.09. The summed E-state index contributed by atoms with van der Waals surface area (Å²) in [5.41, 5.74) is 6.62. The lowest BCUT2D eigenvalue weighted by Crippen LogP contribution is -2.26. The maximum atomic E-state index is 5.64. The second-order valence-corrected chi connectivity index (χ2v) is 4.02. The molecule has 1 heterocycles. The highest BCUT2D eigenvalue weighted by atomic mass is 79.9. The SMILES string of the molecule is Cc1nn(C)c(NCC(C)N)c1Br. The zero-order chi connectivity index (χ0) is 10.0. The Hall–Kier alpha value is -0.550. The number of nitrogens with zero attached hydrogens (tertiary/aromatic N) is 2. The summed E-state index contributed by atoms with van der Waals surface area (Å²) in [5, 5.41) is 7.49. The Morgan fingerprint density at radius 3 is 2.69 bits per heavy atom. The number of rotatable bonds is 3. The zero-order valence-corrected chi connectivity index (χ0v) is 9.72. The zero-order valence-electron chi connectivity index (χ0n) is 8.13.